The molecule has 0 aromatic heterocycles. The molecule has 0 aliphatic rings. The Morgan fingerprint density at radius 3 is 1.90 bits per heavy atom. The van der Waals surface area contributed by atoms with Gasteiger partial charge in [-0.25, -0.2) is 13.6 Å². The molecule has 120 valence electrons. The molecule has 6 nitrogen and oxygen atoms in total. The van der Waals surface area contributed by atoms with Crippen LogP contribution in [0.2, 0.25) is 0 Å². The number of rotatable bonds is 4. The Morgan fingerprint density at radius 1 is 1.20 bits per heavy atom. The average molecular weight is 348 g/mol. The predicted molar refractivity (Wildman–Crippen MR) is 89.4 cm³/mol. The van der Waals surface area contributed by atoms with E-state index < -0.39 is 10.0 Å². The van der Waals surface area contributed by atoms with Gasteiger partial charge in [-0.05, 0) is 31.2 Å². The lowest BCUT2D eigenvalue weighted by Crippen LogP contribution is -2.25. The molecule has 1 aromatic rings. The van der Waals surface area contributed by atoms with Crippen molar-refractivity contribution in [1.29, 1.82) is 0 Å². The number of anilines is 2. The first kappa shape index (κ1) is 24.3. The number of hydrogen-bond donors (Lipinski definition) is 3. The fraction of sp³-hybridized carbons (Fsp3) is 0.455. The van der Waals surface area contributed by atoms with Gasteiger partial charge < -0.3 is 15.7 Å². The molecule has 0 unspecified atom stereocenters. The molecular formula is C11H23Cl2N3O3S. The van der Waals surface area contributed by atoms with Crippen LogP contribution < -0.4 is 15.8 Å². The van der Waals surface area contributed by atoms with Crippen LogP contribution in [0.15, 0.2) is 24.3 Å². The molecule has 1 aromatic carbocycles. The summed E-state index contributed by atoms with van der Waals surface area (Å²) in [6.45, 7) is 3.80. The third-order valence-corrected chi connectivity index (χ3v) is 2.01. The first-order valence-corrected chi connectivity index (χ1v) is 7.42. The van der Waals surface area contributed by atoms with Gasteiger partial charge in [-0.15, -0.1) is 24.8 Å². The van der Waals surface area contributed by atoms with Gasteiger partial charge in [-0.2, -0.15) is 0 Å². The number of benzene rings is 1. The second-order valence-corrected chi connectivity index (χ2v) is 5.38. The van der Waals surface area contributed by atoms with Crippen LogP contribution >= 0.6 is 24.8 Å². The molecular weight excluding hydrogens is 325 g/mol. The number of nitrogens with two attached hydrogens (primary N) is 2. The fourth-order valence-electron chi connectivity index (χ4n) is 1.28. The van der Waals surface area contributed by atoms with Crippen molar-refractivity contribution in [2.45, 2.75) is 6.92 Å². The van der Waals surface area contributed by atoms with E-state index in [9.17, 15) is 8.42 Å². The van der Waals surface area contributed by atoms with Crippen LogP contribution in [0.1, 0.15) is 6.92 Å². The van der Waals surface area contributed by atoms with Crippen molar-refractivity contribution in [2.75, 3.05) is 36.6 Å². The minimum absolute atomic E-state index is 0. The topological polar surface area (TPSA) is 110 Å². The molecule has 0 spiro atoms. The predicted octanol–water partition coefficient (Wildman–Crippen LogP) is 0.836. The van der Waals surface area contributed by atoms with Crippen molar-refractivity contribution in [3.05, 3.63) is 24.3 Å². The highest BCUT2D eigenvalue weighted by atomic mass is 35.5. The smallest absolute Gasteiger partial charge is 0.206 e. The maximum atomic E-state index is 9.41. The number of hydrogen-bond acceptors (Lipinski definition) is 5. The van der Waals surface area contributed by atoms with E-state index in [1.807, 2.05) is 24.3 Å². The number of aliphatic hydroxyl groups is 1. The fourth-order valence-corrected chi connectivity index (χ4v) is 1.28. The van der Waals surface area contributed by atoms with Crippen LogP contribution in [0.5, 0.6) is 0 Å². The summed E-state index contributed by atoms with van der Waals surface area (Å²) < 4.78 is 18.8. The van der Waals surface area contributed by atoms with Crippen LogP contribution in [-0.2, 0) is 10.0 Å². The van der Waals surface area contributed by atoms with Gasteiger partial charge in [0.15, 0.2) is 0 Å². The van der Waals surface area contributed by atoms with Crippen molar-refractivity contribution in [1.82, 2.24) is 0 Å². The lowest BCUT2D eigenvalue weighted by Gasteiger charge is -2.21. The summed E-state index contributed by atoms with van der Waals surface area (Å²) in [4.78, 5) is 2.10. The van der Waals surface area contributed by atoms with Gasteiger partial charge in [0.1, 0.15) is 0 Å². The number of halogens is 2. The van der Waals surface area contributed by atoms with Gasteiger partial charge in [0, 0.05) is 24.5 Å². The highest BCUT2D eigenvalue weighted by Crippen LogP contribution is 2.15. The normalized spacial score (nSPS) is 9.40. The number of primary sulfonamides is 1. The second kappa shape index (κ2) is 12.0. The van der Waals surface area contributed by atoms with Gasteiger partial charge in [0.2, 0.25) is 10.0 Å². The largest absolute Gasteiger partial charge is 0.399 e. The molecule has 1 rings (SSSR count). The van der Waals surface area contributed by atoms with E-state index in [1.54, 1.807) is 0 Å². The zero-order valence-corrected chi connectivity index (χ0v) is 14.0. The van der Waals surface area contributed by atoms with E-state index in [-0.39, 0.29) is 31.4 Å². The molecule has 20 heavy (non-hydrogen) atoms. The maximum Gasteiger partial charge on any atom is 0.206 e. The molecule has 9 heteroatoms. The molecule has 0 saturated carbocycles. The van der Waals surface area contributed by atoms with Crippen LogP contribution in [0, 0.1) is 0 Å². The minimum atomic E-state index is -3.17. The Kier molecular flexibility index (Phi) is 14.6. The standard InChI is InChI=1S/C10H16N2O.CH5NO2S.2ClH/c1-2-12(7-8-13)10-5-3-9(11)4-6-10;1-5(2,3)4;;/h3-6,13H,2,7-8,11H2,1H3;1H3,(H2,2,3,4);2*1H. The molecule has 0 aliphatic carbocycles. The number of aliphatic hydroxyl groups excluding tert-OH is 1. The molecule has 5 N–H and O–H groups in total. The van der Waals surface area contributed by atoms with E-state index in [4.69, 9.17) is 10.8 Å². The van der Waals surface area contributed by atoms with E-state index in [0.717, 1.165) is 24.2 Å². The average Bonchev–Trinajstić information content (AvgIpc) is 2.25. The summed E-state index contributed by atoms with van der Waals surface area (Å²) in [6, 6.07) is 7.67. The Balaban J connectivity index is -0.000000361. The van der Waals surface area contributed by atoms with Crippen molar-refractivity contribution in [3.63, 3.8) is 0 Å². The Hall–Kier alpha value is -0.730. The maximum absolute atomic E-state index is 9.41. The van der Waals surface area contributed by atoms with Gasteiger partial charge in [0.05, 0.1) is 12.9 Å². The Morgan fingerprint density at radius 2 is 1.60 bits per heavy atom. The number of nitrogens with zero attached hydrogens (tertiary/aromatic N) is 1. The van der Waals surface area contributed by atoms with Gasteiger partial charge in [0.25, 0.3) is 0 Å². The molecule has 0 heterocycles. The number of sulfonamides is 1. The van der Waals surface area contributed by atoms with Crippen molar-refractivity contribution >= 4 is 46.2 Å². The van der Waals surface area contributed by atoms with Crippen LogP contribution in [0.4, 0.5) is 11.4 Å². The lowest BCUT2D eigenvalue weighted by atomic mass is 10.2. The SMILES string of the molecule is CCN(CCO)c1ccc(N)cc1.CS(N)(=O)=O.Cl.Cl. The minimum Gasteiger partial charge on any atom is -0.399 e. The first-order chi connectivity index (χ1) is 8.27. The van der Waals surface area contributed by atoms with E-state index in [0.29, 0.717) is 6.54 Å². The van der Waals surface area contributed by atoms with Crippen LogP contribution in [0.3, 0.4) is 0 Å². The molecule has 0 fully saturated rings. The van der Waals surface area contributed by atoms with Gasteiger partial charge >= 0.3 is 0 Å². The monoisotopic (exact) mass is 347 g/mol. The summed E-state index contributed by atoms with van der Waals surface area (Å²) in [5.74, 6) is 0. The number of likely N-dealkylation sites (N-methyl/N-ethyl adjacent to an activating group) is 1. The third kappa shape index (κ3) is 13.7. The summed E-state index contributed by atoms with van der Waals surface area (Å²) in [7, 11) is -3.17. The molecule has 0 amide bonds. The zero-order chi connectivity index (χ0) is 14.2. The van der Waals surface area contributed by atoms with Gasteiger partial charge in [-0.1, -0.05) is 0 Å². The Labute approximate surface area is 133 Å². The zero-order valence-electron chi connectivity index (χ0n) is 11.5. The molecule has 0 atom stereocenters. The summed E-state index contributed by atoms with van der Waals surface area (Å²) >= 11 is 0. The van der Waals surface area contributed by atoms with Gasteiger partial charge in [-0.3, -0.25) is 0 Å². The second-order valence-electron chi connectivity index (χ2n) is 3.72. The summed E-state index contributed by atoms with van der Waals surface area (Å²) in [5.41, 5.74) is 7.44. The van der Waals surface area contributed by atoms with E-state index in [2.05, 4.69) is 17.0 Å². The highest BCUT2D eigenvalue weighted by Gasteiger charge is 2.01. The molecule has 0 bridgehead atoms. The summed E-state index contributed by atoms with van der Waals surface area (Å²) in [5, 5.41) is 13.1. The van der Waals surface area contributed by atoms with Crippen LogP contribution in [-0.4, -0.2) is 39.5 Å². The summed E-state index contributed by atoms with van der Waals surface area (Å²) in [6.07, 6.45) is 0.938. The quantitative estimate of drug-likeness (QED) is 0.699. The molecule has 0 radical (unpaired) electrons. The third-order valence-electron chi connectivity index (χ3n) is 2.01. The van der Waals surface area contributed by atoms with Crippen LogP contribution in [0.25, 0.3) is 0 Å². The first-order valence-electron chi connectivity index (χ1n) is 5.47. The number of nitrogen functional groups attached to an aromatic ring is 1. The lowest BCUT2D eigenvalue weighted by molar-refractivity contribution is 0.302. The highest BCUT2D eigenvalue weighted by molar-refractivity contribution is 7.88. The van der Waals surface area contributed by atoms with Crippen molar-refractivity contribution < 1.29 is 13.5 Å². The molecule has 0 aliphatic heterocycles. The van der Waals surface area contributed by atoms with Crippen molar-refractivity contribution in [2.24, 2.45) is 5.14 Å². The molecule has 0 saturated heterocycles. The van der Waals surface area contributed by atoms with E-state index in [1.165, 1.54) is 0 Å². The van der Waals surface area contributed by atoms with E-state index >= 15 is 0 Å². The Bertz CT molecular complexity index is 433. The van der Waals surface area contributed by atoms with Crippen molar-refractivity contribution in [3.8, 4) is 0 Å².